The molecule has 6 heteroatoms. The van der Waals surface area contributed by atoms with Gasteiger partial charge in [-0.2, -0.15) is 0 Å². The smallest absolute Gasteiger partial charge is 0.191 e. The van der Waals surface area contributed by atoms with E-state index in [4.69, 9.17) is 4.98 Å². The first-order valence-corrected chi connectivity index (χ1v) is 9.15. The third-order valence-electron chi connectivity index (χ3n) is 3.88. The number of hydrogen-bond donors (Lipinski definition) is 2. The number of guanidine groups is 1. The largest absolute Gasteiger partial charge is 0.355 e. The number of aryl methyl sites for hydroxylation is 1. The zero-order valence-corrected chi connectivity index (χ0v) is 15.4. The van der Waals surface area contributed by atoms with Crippen LogP contribution in [0.1, 0.15) is 10.6 Å². The molecular weight excluding hydrogens is 330 g/mol. The lowest BCUT2D eigenvalue weighted by atomic mass is 10.2. The molecule has 1 aromatic carbocycles. The van der Waals surface area contributed by atoms with Gasteiger partial charge in [0, 0.05) is 43.0 Å². The van der Waals surface area contributed by atoms with Crippen molar-refractivity contribution in [3.8, 4) is 10.6 Å². The quantitative estimate of drug-likeness (QED) is 0.528. The molecule has 2 heterocycles. The van der Waals surface area contributed by atoms with Crippen molar-refractivity contribution in [2.45, 2.75) is 20.0 Å². The summed E-state index contributed by atoms with van der Waals surface area (Å²) in [5, 5.41) is 7.77. The predicted octanol–water partition coefficient (Wildman–Crippen LogP) is 3.29. The van der Waals surface area contributed by atoms with Crippen LogP contribution in [0.4, 0.5) is 0 Å². The Morgan fingerprint density at radius 1 is 1.12 bits per heavy atom. The van der Waals surface area contributed by atoms with Gasteiger partial charge in [-0.1, -0.05) is 30.3 Å². The molecule has 0 spiro atoms. The number of aliphatic imine (C=N–C) groups is 1. The van der Waals surface area contributed by atoms with Gasteiger partial charge in [0.25, 0.3) is 0 Å². The third-order valence-corrected chi connectivity index (χ3v) is 5.09. The van der Waals surface area contributed by atoms with Gasteiger partial charge in [-0.15, -0.1) is 11.3 Å². The average Bonchev–Trinajstić information content (AvgIpc) is 3.28. The van der Waals surface area contributed by atoms with Crippen LogP contribution in [0.3, 0.4) is 0 Å². The maximum Gasteiger partial charge on any atom is 0.191 e. The van der Waals surface area contributed by atoms with E-state index in [0.717, 1.165) is 41.9 Å². The van der Waals surface area contributed by atoms with Crippen LogP contribution in [0.25, 0.3) is 10.6 Å². The highest BCUT2D eigenvalue weighted by molar-refractivity contribution is 7.15. The van der Waals surface area contributed by atoms with Crippen molar-refractivity contribution in [3.05, 3.63) is 65.4 Å². The van der Waals surface area contributed by atoms with E-state index in [1.54, 1.807) is 18.4 Å². The molecule has 130 valence electrons. The van der Waals surface area contributed by atoms with Crippen molar-refractivity contribution < 1.29 is 0 Å². The molecule has 0 amide bonds. The maximum absolute atomic E-state index is 4.70. The number of nitrogens with one attached hydrogen (secondary N) is 2. The van der Waals surface area contributed by atoms with E-state index in [2.05, 4.69) is 51.6 Å². The lowest BCUT2D eigenvalue weighted by molar-refractivity contribution is 0.665. The van der Waals surface area contributed by atoms with Crippen LogP contribution in [-0.2, 0) is 13.1 Å². The fourth-order valence-electron chi connectivity index (χ4n) is 2.50. The maximum atomic E-state index is 4.70. The minimum atomic E-state index is 0.722. The van der Waals surface area contributed by atoms with Gasteiger partial charge in [0.2, 0.25) is 0 Å². The summed E-state index contributed by atoms with van der Waals surface area (Å²) in [6.45, 7) is 4.51. The Hall–Kier alpha value is -2.60. The molecular formula is C19H23N5S. The van der Waals surface area contributed by atoms with Crippen molar-refractivity contribution in [2.24, 2.45) is 4.99 Å². The predicted molar refractivity (Wildman–Crippen MR) is 105 cm³/mol. The highest BCUT2D eigenvalue weighted by atomic mass is 32.1. The summed E-state index contributed by atoms with van der Waals surface area (Å²) in [6.07, 6.45) is 4.12. The number of thiazole rings is 1. The first-order chi connectivity index (χ1) is 12.3. The molecule has 0 bridgehead atoms. The summed E-state index contributed by atoms with van der Waals surface area (Å²) in [5.41, 5.74) is 2.23. The van der Waals surface area contributed by atoms with Crippen LogP contribution in [0, 0.1) is 6.92 Å². The normalized spacial score (nSPS) is 11.5. The van der Waals surface area contributed by atoms with Crippen molar-refractivity contribution in [1.29, 1.82) is 0 Å². The SMILES string of the molecule is CN=C(NCCn1cccc1)NCc1sc(-c2ccccc2)nc1C. The standard InChI is InChI=1S/C19H23N5S/c1-15-17(25-18(23-15)16-8-4-3-5-9-16)14-22-19(20-2)21-10-13-24-11-6-7-12-24/h3-9,11-12H,10,13-14H2,1-2H3,(H2,20,21,22). The molecule has 0 saturated heterocycles. The summed E-state index contributed by atoms with van der Waals surface area (Å²) in [4.78, 5) is 10.2. The van der Waals surface area contributed by atoms with Crippen LogP contribution in [0.2, 0.25) is 0 Å². The fraction of sp³-hybridized carbons (Fsp3) is 0.263. The lowest BCUT2D eigenvalue weighted by Gasteiger charge is -2.11. The van der Waals surface area contributed by atoms with Gasteiger partial charge < -0.3 is 15.2 Å². The van der Waals surface area contributed by atoms with Crippen molar-refractivity contribution in [1.82, 2.24) is 20.2 Å². The summed E-state index contributed by atoms with van der Waals surface area (Å²) < 4.78 is 2.14. The van der Waals surface area contributed by atoms with Gasteiger partial charge in [-0.25, -0.2) is 4.98 Å². The van der Waals surface area contributed by atoms with Crippen LogP contribution in [0.15, 0.2) is 59.9 Å². The summed E-state index contributed by atoms with van der Waals surface area (Å²) in [5.74, 6) is 0.807. The van der Waals surface area contributed by atoms with Crippen molar-refractivity contribution in [3.63, 3.8) is 0 Å². The van der Waals surface area contributed by atoms with Gasteiger partial charge in [-0.05, 0) is 19.1 Å². The molecule has 2 N–H and O–H groups in total. The molecule has 0 aliphatic rings. The first kappa shape index (κ1) is 17.2. The van der Waals surface area contributed by atoms with Gasteiger partial charge in [-0.3, -0.25) is 4.99 Å². The van der Waals surface area contributed by atoms with Crippen LogP contribution in [0.5, 0.6) is 0 Å². The molecule has 5 nitrogen and oxygen atoms in total. The van der Waals surface area contributed by atoms with Gasteiger partial charge in [0.15, 0.2) is 5.96 Å². The Balaban J connectivity index is 1.54. The molecule has 0 fully saturated rings. The topological polar surface area (TPSA) is 54.2 Å². The number of benzene rings is 1. The minimum absolute atomic E-state index is 0.722. The molecule has 2 aromatic heterocycles. The van der Waals surface area contributed by atoms with E-state index in [-0.39, 0.29) is 0 Å². The van der Waals surface area contributed by atoms with Crippen LogP contribution >= 0.6 is 11.3 Å². The van der Waals surface area contributed by atoms with E-state index < -0.39 is 0 Å². The number of rotatable bonds is 6. The van der Waals surface area contributed by atoms with E-state index in [0.29, 0.717) is 0 Å². The Morgan fingerprint density at radius 3 is 2.60 bits per heavy atom. The van der Waals surface area contributed by atoms with E-state index in [9.17, 15) is 0 Å². The van der Waals surface area contributed by atoms with Crippen LogP contribution in [-0.4, -0.2) is 29.1 Å². The second-order valence-electron chi connectivity index (χ2n) is 5.67. The third kappa shape index (κ3) is 4.70. The molecule has 3 aromatic rings. The Bertz CT molecular complexity index is 806. The van der Waals surface area contributed by atoms with Crippen LogP contribution < -0.4 is 10.6 Å². The monoisotopic (exact) mass is 353 g/mol. The average molecular weight is 353 g/mol. The molecule has 25 heavy (non-hydrogen) atoms. The van der Waals surface area contributed by atoms with Gasteiger partial charge in [0.05, 0.1) is 12.2 Å². The number of hydrogen-bond acceptors (Lipinski definition) is 3. The second kappa shape index (κ2) is 8.48. The van der Waals surface area contributed by atoms with E-state index in [1.165, 1.54) is 4.88 Å². The summed E-state index contributed by atoms with van der Waals surface area (Å²) in [6, 6.07) is 14.4. The van der Waals surface area contributed by atoms with E-state index in [1.807, 2.05) is 30.3 Å². The Morgan fingerprint density at radius 2 is 1.88 bits per heavy atom. The molecule has 0 saturated carbocycles. The first-order valence-electron chi connectivity index (χ1n) is 8.33. The molecule has 0 unspecified atom stereocenters. The highest BCUT2D eigenvalue weighted by Crippen LogP contribution is 2.27. The van der Waals surface area contributed by atoms with E-state index >= 15 is 0 Å². The molecule has 0 radical (unpaired) electrons. The fourth-order valence-corrected chi connectivity index (χ4v) is 3.51. The molecule has 0 aliphatic heterocycles. The Labute approximate surface area is 152 Å². The van der Waals surface area contributed by atoms with Crippen molar-refractivity contribution in [2.75, 3.05) is 13.6 Å². The Kier molecular flexibility index (Phi) is 5.85. The highest BCUT2D eigenvalue weighted by Gasteiger charge is 2.09. The molecule has 3 rings (SSSR count). The number of aromatic nitrogens is 2. The van der Waals surface area contributed by atoms with Gasteiger partial charge in [0.1, 0.15) is 5.01 Å². The minimum Gasteiger partial charge on any atom is -0.355 e. The zero-order valence-electron chi connectivity index (χ0n) is 14.6. The van der Waals surface area contributed by atoms with Crippen molar-refractivity contribution >= 4 is 17.3 Å². The van der Waals surface area contributed by atoms with Gasteiger partial charge >= 0.3 is 0 Å². The number of nitrogens with zero attached hydrogens (tertiary/aromatic N) is 3. The molecule has 0 atom stereocenters. The summed E-state index contributed by atoms with van der Waals surface area (Å²) in [7, 11) is 1.79. The summed E-state index contributed by atoms with van der Waals surface area (Å²) >= 11 is 1.73. The second-order valence-corrected chi connectivity index (χ2v) is 6.75. The zero-order chi connectivity index (χ0) is 17.5. The lowest BCUT2D eigenvalue weighted by Crippen LogP contribution is -2.38. The molecule has 0 aliphatic carbocycles.